The highest BCUT2D eigenvalue weighted by Gasteiger charge is 2.18. The highest BCUT2D eigenvalue weighted by atomic mass is 32.2. The van der Waals surface area contributed by atoms with E-state index in [1.807, 2.05) is 71.4 Å². The van der Waals surface area contributed by atoms with Gasteiger partial charge in [0.25, 0.3) is 5.91 Å². The summed E-state index contributed by atoms with van der Waals surface area (Å²) in [5.74, 6) is 0.0705. The molecule has 172 valence electrons. The standard InChI is InChI=1S/C23H19N5O4S2/c1-34(30,31)23-27-26-22(33-23)25-21(29)16(14-24)13-17-15-28(20-10-6-5-9-19(17)20)11-12-32-18-7-3-2-4-8-18/h2-10,13,15H,11-12H2,1H3,(H,25,26,29). The predicted octanol–water partition coefficient (Wildman–Crippen LogP) is 3.52. The van der Waals surface area contributed by atoms with Gasteiger partial charge in [0.15, 0.2) is 0 Å². The molecule has 0 aliphatic rings. The molecule has 11 heteroatoms. The van der Waals surface area contributed by atoms with E-state index in [2.05, 4.69) is 15.5 Å². The van der Waals surface area contributed by atoms with Crippen LogP contribution in [0.3, 0.4) is 0 Å². The molecule has 2 aromatic heterocycles. The maximum atomic E-state index is 12.6. The molecule has 0 unspecified atom stereocenters. The number of rotatable bonds is 8. The highest BCUT2D eigenvalue weighted by Crippen LogP contribution is 2.25. The Morgan fingerprint density at radius 3 is 2.62 bits per heavy atom. The molecule has 0 bridgehead atoms. The van der Waals surface area contributed by atoms with Crippen molar-refractivity contribution in [3.05, 3.63) is 71.9 Å². The molecule has 0 atom stereocenters. The van der Waals surface area contributed by atoms with Crippen LogP contribution in [-0.2, 0) is 21.2 Å². The fourth-order valence-corrected chi connectivity index (χ4v) is 4.74. The number of benzene rings is 2. The Morgan fingerprint density at radius 1 is 1.18 bits per heavy atom. The van der Waals surface area contributed by atoms with E-state index in [1.165, 1.54) is 6.08 Å². The third-order valence-corrected chi connectivity index (χ3v) is 7.28. The fraction of sp³-hybridized carbons (Fsp3) is 0.130. The summed E-state index contributed by atoms with van der Waals surface area (Å²) in [6, 6.07) is 19.1. The van der Waals surface area contributed by atoms with Crippen molar-refractivity contribution in [2.75, 3.05) is 18.2 Å². The number of para-hydroxylation sites is 2. The summed E-state index contributed by atoms with van der Waals surface area (Å²) in [6.07, 6.45) is 4.35. The zero-order valence-corrected chi connectivity index (χ0v) is 19.6. The first-order chi connectivity index (χ1) is 16.3. The summed E-state index contributed by atoms with van der Waals surface area (Å²) in [7, 11) is -3.54. The highest BCUT2D eigenvalue weighted by molar-refractivity contribution is 7.92. The topological polar surface area (TPSA) is 127 Å². The predicted molar refractivity (Wildman–Crippen MR) is 129 cm³/mol. The average molecular weight is 494 g/mol. The van der Waals surface area contributed by atoms with Crippen molar-refractivity contribution in [3.63, 3.8) is 0 Å². The normalized spacial score (nSPS) is 11.8. The number of ether oxygens (including phenoxy) is 1. The Hall–Kier alpha value is -4.01. The number of nitrogens with one attached hydrogen (secondary N) is 1. The molecule has 9 nitrogen and oxygen atoms in total. The van der Waals surface area contributed by atoms with Crippen molar-refractivity contribution in [1.29, 1.82) is 5.26 Å². The summed E-state index contributed by atoms with van der Waals surface area (Å²) in [5, 5.41) is 20.1. The van der Waals surface area contributed by atoms with E-state index < -0.39 is 15.7 Å². The minimum absolute atomic E-state index is 0.00735. The van der Waals surface area contributed by atoms with E-state index in [0.29, 0.717) is 18.7 Å². The van der Waals surface area contributed by atoms with Gasteiger partial charge < -0.3 is 9.30 Å². The van der Waals surface area contributed by atoms with Crippen molar-refractivity contribution in [2.45, 2.75) is 10.9 Å². The first-order valence-corrected chi connectivity index (χ1v) is 12.8. The van der Waals surface area contributed by atoms with Crippen molar-refractivity contribution < 1.29 is 17.9 Å². The Morgan fingerprint density at radius 2 is 1.91 bits per heavy atom. The number of aromatic nitrogens is 3. The van der Waals surface area contributed by atoms with Crippen LogP contribution in [0.15, 0.2) is 70.7 Å². The quantitative estimate of drug-likeness (QED) is 0.226. The molecule has 34 heavy (non-hydrogen) atoms. The largest absolute Gasteiger partial charge is 0.492 e. The van der Waals surface area contributed by atoms with E-state index in [0.717, 1.165) is 34.2 Å². The smallest absolute Gasteiger partial charge is 0.268 e. The number of nitriles is 1. The van der Waals surface area contributed by atoms with E-state index >= 15 is 0 Å². The summed E-state index contributed by atoms with van der Waals surface area (Å²) < 4.78 is 30.7. The lowest BCUT2D eigenvalue weighted by molar-refractivity contribution is -0.112. The molecule has 1 amide bonds. The number of carbonyl (C=O) groups excluding carboxylic acids is 1. The van der Waals surface area contributed by atoms with E-state index in [1.54, 1.807) is 0 Å². The number of hydrogen-bond donors (Lipinski definition) is 1. The second kappa shape index (κ2) is 9.86. The van der Waals surface area contributed by atoms with Crippen molar-refractivity contribution in [1.82, 2.24) is 14.8 Å². The zero-order chi connectivity index (χ0) is 24.1. The van der Waals surface area contributed by atoms with Gasteiger partial charge in [0.1, 0.15) is 24.0 Å². The van der Waals surface area contributed by atoms with Gasteiger partial charge in [-0.3, -0.25) is 10.1 Å². The van der Waals surface area contributed by atoms with Crippen LogP contribution < -0.4 is 10.1 Å². The molecular weight excluding hydrogens is 474 g/mol. The first kappa shape index (κ1) is 23.2. The number of hydrogen-bond acceptors (Lipinski definition) is 8. The molecule has 1 N–H and O–H groups in total. The number of sulfone groups is 1. The number of anilines is 1. The average Bonchev–Trinajstić information content (AvgIpc) is 3.43. The Balaban J connectivity index is 1.55. The number of nitrogens with zero attached hydrogens (tertiary/aromatic N) is 4. The van der Waals surface area contributed by atoms with Gasteiger partial charge in [-0.05, 0) is 24.3 Å². The second-order valence-electron chi connectivity index (χ2n) is 7.23. The van der Waals surface area contributed by atoms with Gasteiger partial charge in [-0.2, -0.15) is 5.26 Å². The van der Waals surface area contributed by atoms with Gasteiger partial charge in [0.05, 0.1) is 6.54 Å². The summed E-state index contributed by atoms with van der Waals surface area (Å²) >= 11 is 0.719. The molecule has 0 saturated carbocycles. The number of amides is 1. The second-order valence-corrected chi connectivity index (χ2v) is 10.4. The zero-order valence-electron chi connectivity index (χ0n) is 18.0. The Kier molecular flexibility index (Phi) is 6.72. The number of fused-ring (bicyclic) bond motifs is 1. The molecule has 0 saturated heterocycles. The molecule has 2 aromatic carbocycles. The van der Waals surface area contributed by atoms with Gasteiger partial charge in [0, 0.05) is 28.9 Å². The Labute approximate surface area is 199 Å². The van der Waals surface area contributed by atoms with E-state index in [4.69, 9.17) is 4.74 Å². The van der Waals surface area contributed by atoms with Gasteiger partial charge >= 0.3 is 0 Å². The van der Waals surface area contributed by atoms with Crippen molar-refractivity contribution in [2.24, 2.45) is 0 Å². The molecule has 0 spiro atoms. The third kappa shape index (κ3) is 5.31. The van der Waals surface area contributed by atoms with Crippen LogP contribution in [0.4, 0.5) is 5.13 Å². The van der Waals surface area contributed by atoms with Crippen LogP contribution in [0, 0.1) is 11.3 Å². The van der Waals surface area contributed by atoms with Crippen LogP contribution in [0.1, 0.15) is 5.56 Å². The summed E-state index contributed by atoms with van der Waals surface area (Å²) in [4.78, 5) is 12.6. The molecule has 2 heterocycles. The van der Waals surface area contributed by atoms with Crippen LogP contribution in [-0.4, -0.2) is 42.0 Å². The lowest BCUT2D eigenvalue weighted by Gasteiger charge is -2.08. The molecule has 0 aliphatic heterocycles. The van der Waals surface area contributed by atoms with Crippen LogP contribution in [0.2, 0.25) is 0 Å². The van der Waals surface area contributed by atoms with Gasteiger partial charge in [0.2, 0.25) is 19.3 Å². The van der Waals surface area contributed by atoms with Crippen LogP contribution in [0.5, 0.6) is 5.75 Å². The first-order valence-electron chi connectivity index (χ1n) is 10.1. The van der Waals surface area contributed by atoms with Crippen LogP contribution in [0.25, 0.3) is 17.0 Å². The van der Waals surface area contributed by atoms with E-state index in [-0.39, 0.29) is 15.0 Å². The van der Waals surface area contributed by atoms with E-state index in [9.17, 15) is 18.5 Å². The molecule has 0 radical (unpaired) electrons. The maximum absolute atomic E-state index is 12.6. The maximum Gasteiger partial charge on any atom is 0.268 e. The molecule has 4 aromatic rings. The van der Waals surface area contributed by atoms with Gasteiger partial charge in [-0.25, -0.2) is 8.42 Å². The lowest BCUT2D eigenvalue weighted by Crippen LogP contribution is -2.13. The molecule has 0 fully saturated rings. The summed E-state index contributed by atoms with van der Waals surface area (Å²) in [6.45, 7) is 1.01. The molecule has 0 aliphatic carbocycles. The van der Waals surface area contributed by atoms with Crippen LogP contribution >= 0.6 is 11.3 Å². The fourth-order valence-electron chi connectivity index (χ4n) is 3.23. The minimum atomic E-state index is -3.54. The molecular formula is C23H19N5O4S2. The molecule has 4 rings (SSSR count). The number of carbonyl (C=O) groups is 1. The monoisotopic (exact) mass is 493 g/mol. The minimum Gasteiger partial charge on any atom is -0.492 e. The lowest BCUT2D eigenvalue weighted by atomic mass is 10.1. The summed E-state index contributed by atoms with van der Waals surface area (Å²) in [5.41, 5.74) is 1.47. The third-order valence-electron chi connectivity index (χ3n) is 4.77. The van der Waals surface area contributed by atoms with Gasteiger partial charge in [-0.1, -0.05) is 47.7 Å². The Bertz CT molecular complexity index is 1520. The van der Waals surface area contributed by atoms with Crippen molar-refractivity contribution in [3.8, 4) is 11.8 Å². The van der Waals surface area contributed by atoms with Gasteiger partial charge in [-0.15, -0.1) is 10.2 Å². The SMILES string of the molecule is CS(=O)(=O)c1nnc(NC(=O)C(C#N)=Cc2cn(CCOc3ccccc3)c3ccccc23)s1. The van der Waals surface area contributed by atoms with Crippen molar-refractivity contribution >= 4 is 49.2 Å².